The number of hydrogen-bond donors (Lipinski definition) is 2. The van der Waals surface area contributed by atoms with Crippen molar-refractivity contribution >= 4 is 28.2 Å². The Hall–Kier alpha value is -3.56. The number of hydrogen-bond acceptors (Lipinski definition) is 10. The molecule has 0 atom stereocenters. The molecule has 0 aliphatic carbocycles. The summed E-state index contributed by atoms with van der Waals surface area (Å²) < 4.78 is 11.7. The van der Waals surface area contributed by atoms with Gasteiger partial charge in [0.25, 0.3) is 5.91 Å². The van der Waals surface area contributed by atoms with E-state index in [4.69, 9.17) is 14.6 Å². The Morgan fingerprint density at radius 2 is 2.00 bits per heavy atom. The largest absolute Gasteiger partial charge is 0.488 e. The molecule has 198 valence electrons. The summed E-state index contributed by atoms with van der Waals surface area (Å²) in [6, 6.07) is 13.2. The average molecular weight is 535 g/mol. The van der Waals surface area contributed by atoms with Gasteiger partial charge in [0.05, 0.1) is 41.0 Å². The highest BCUT2D eigenvalue weighted by Crippen LogP contribution is 2.34. The molecule has 0 radical (unpaired) electrons. The average Bonchev–Trinajstić information content (AvgIpc) is 3.42. The van der Waals surface area contributed by atoms with Crippen molar-refractivity contribution in [2.75, 3.05) is 57.9 Å². The Kier molecular flexibility index (Phi) is 8.45. The van der Waals surface area contributed by atoms with Crippen molar-refractivity contribution in [1.82, 2.24) is 19.8 Å². The summed E-state index contributed by atoms with van der Waals surface area (Å²) in [6.07, 6.45) is 3.19. The first-order chi connectivity index (χ1) is 18.6. The van der Waals surface area contributed by atoms with Gasteiger partial charge in [-0.3, -0.25) is 9.69 Å². The predicted molar refractivity (Wildman–Crippen MR) is 144 cm³/mol. The normalized spacial score (nSPS) is 16.7. The maximum absolute atomic E-state index is 13.0. The Labute approximate surface area is 225 Å². The van der Waals surface area contributed by atoms with E-state index in [1.165, 1.54) is 11.3 Å². The zero-order valence-electron chi connectivity index (χ0n) is 21.0. The van der Waals surface area contributed by atoms with E-state index >= 15 is 0 Å². The van der Waals surface area contributed by atoms with E-state index in [1.807, 2.05) is 29.2 Å². The van der Waals surface area contributed by atoms with Crippen LogP contribution in [-0.4, -0.2) is 89.4 Å². The number of piperazine rings is 1. The number of nitrogens with zero attached hydrogens (tertiary/aromatic N) is 5. The topological polar surface area (TPSA) is 124 Å². The third-order valence-corrected chi connectivity index (χ3v) is 7.64. The summed E-state index contributed by atoms with van der Waals surface area (Å²) in [4.78, 5) is 26.7. The molecule has 0 unspecified atom stereocenters. The molecular formula is C27H30N6O4S. The van der Waals surface area contributed by atoms with Crippen molar-refractivity contribution < 1.29 is 19.4 Å². The summed E-state index contributed by atoms with van der Waals surface area (Å²) in [5, 5.41) is 22.8. The molecule has 2 saturated heterocycles. The zero-order chi connectivity index (χ0) is 26.3. The van der Waals surface area contributed by atoms with Gasteiger partial charge < -0.3 is 24.8 Å². The van der Waals surface area contributed by atoms with Crippen LogP contribution in [0.1, 0.15) is 28.1 Å². The molecule has 38 heavy (non-hydrogen) atoms. The van der Waals surface area contributed by atoms with Crippen LogP contribution in [0.3, 0.4) is 0 Å². The minimum absolute atomic E-state index is 0.00425. The highest BCUT2D eigenvalue weighted by atomic mass is 32.1. The van der Waals surface area contributed by atoms with Gasteiger partial charge in [-0.15, -0.1) is 11.3 Å². The number of nitriles is 1. The number of anilines is 2. The van der Waals surface area contributed by atoms with Gasteiger partial charge in [0.1, 0.15) is 17.9 Å². The smallest absolute Gasteiger partial charge is 0.264 e. The van der Waals surface area contributed by atoms with E-state index in [1.54, 1.807) is 18.3 Å². The van der Waals surface area contributed by atoms with E-state index in [9.17, 15) is 10.1 Å². The fourth-order valence-corrected chi connectivity index (χ4v) is 5.45. The Bertz CT molecular complexity index is 1290. The summed E-state index contributed by atoms with van der Waals surface area (Å²) >= 11 is 1.36. The summed E-state index contributed by atoms with van der Waals surface area (Å²) in [5.74, 6) is 0.916. The number of thiophene rings is 1. The molecule has 1 aromatic carbocycles. The van der Waals surface area contributed by atoms with Crippen molar-refractivity contribution in [2.45, 2.75) is 18.9 Å². The molecule has 0 saturated carbocycles. The van der Waals surface area contributed by atoms with Crippen LogP contribution >= 0.6 is 11.3 Å². The van der Waals surface area contributed by atoms with E-state index < -0.39 is 0 Å². The molecule has 3 aromatic rings. The van der Waals surface area contributed by atoms with Crippen molar-refractivity contribution in [3.8, 4) is 23.1 Å². The number of aromatic nitrogens is 2. The van der Waals surface area contributed by atoms with Gasteiger partial charge in [0.15, 0.2) is 0 Å². The lowest BCUT2D eigenvalue weighted by Gasteiger charge is -2.34. The van der Waals surface area contributed by atoms with Crippen molar-refractivity contribution in [3.05, 3.63) is 53.0 Å². The Balaban J connectivity index is 1.30. The molecule has 0 spiro atoms. The number of rotatable bonds is 8. The molecule has 11 heteroatoms. The van der Waals surface area contributed by atoms with Crippen LogP contribution in [0.15, 0.2) is 42.6 Å². The number of amides is 1. The molecule has 2 fully saturated rings. The Morgan fingerprint density at radius 1 is 1.18 bits per heavy atom. The molecule has 2 aromatic heterocycles. The van der Waals surface area contributed by atoms with Crippen molar-refractivity contribution in [1.29, 1.82) is 5.26 Å². The minimum Gasteiger partial charge on any atom is -0.488 e. The van der Waals surface area contributed by atoms with Crippen LogP contribution in [0.25, 0.3) is 11.3 Å². The number of β-amino-alcohol motifs (C(OH)–C–C–N with tert-alkyl or cyclic N) is 1. The van der Waals surface area contributed by atoms with Crippen LogP contribution in [0.2, 0.25) is 0 Å². The summed E-state index contributed by atoms with van der Waals surface area (Å²) in [7, 11) is 0. The second kappa shape index (κ2) is 12.3. The number of carbonyl (C=O) groups excluding carboxylic acids is 1. The summed E-state index contributed by atoms with van der Waals surface area (Å²) in [5.41, 5.74) is 1.82. The second-order valence-corrected chi connectivity index (χ2v) is 10.2. The molecule has 2 N–H and O–H groups in total. The number of aliphatic hydroxyl groups excluding tert-OH is 1. The third-order valence-electron chi connectivity index (χ3n) is 6.65. The van der Waals surface area contributed by atoms with Crippen LogP contribution in [0.5, 0.6) is 5.75 Å². The van der Waals surface area contributed by atoms with E-state index in [0.29, 0.717) is 60.7 Å². The van der Waals surface area contributed by atoms with Gasteiger partial charge in [0, 0.05) is 57.3 Å². The molecule has 2 aliphatic heterocycles. The number of aliphatic hydroxyl groups is 1. The van der Waals surface area contributed by atoms with E-state index in [0.717, 1.165) is 36.5 Å². The first-order valence-electron chi connectivity index (χ1n) is 12.7. The quantitative estimate of drug-likeness (QED) is 0.449. The molecule has 1 amide bonds. The number of benzene rings is 1. The van der Waals surface area contributed by atoms with Crippen LogP contribution < -0.4 is 10.1 Å². The van der Waals surface area contributed by atoms with Crippen molar-refractivity contribution in [2.24, 2.45) is 0 Å². The van der Waals surface area contributed by atoms with Gasteiger partial charge in [-0.1, -0.05) is 6.07 Å². The van der Waals surface area contributed by atoms with Crippen LogP contribution in [0, 0.1) is 11.3 Å². The van der Waals surface area contributed by atoms with Crippen LogP contribution in [0.4, 0.5) is 10.9 Å². The molecule has 5 rings (SSSR count). The van der Waals surface area contributed by atoms with Gasteiger partial charge in [-0.25, -0.2) is 9.97 Å². The minimum atomic E-state index is -0.0174. The van der Waals surface area contributed by atoms with Gasteiger partial charge in [-0.2, -0.15) is 5.26 Å². The van der Waals surface area contributed by atoms with Gasteiger partial charge in [-0.05, 0) is 30.3 Å². The molecule has 4 heterocycles. The van der Waals surface area contributed by atoms with Gasteiger partial charge >= 0.3 is 0 Å². The summed E-state index contributed by atoms with van der Waals surface area (Å²) in [6.45, 7) is 4.86. The first kappa shape index (κ1) is 26.1. The lowest BCUT2D eigenvalue weighted by Crippen LogP contribution is -2.49. The van der Waals surface area contributed by atoms with E-state index in [-0.39, 0.29) is 18.6 Å². The number of ether oxygens (including phenoxy) is 2. The first-order valence-corrected chi connectivity index (χ1v) is 13.6. The fourth-order valence-electron chi connectivity index (χ4n) is 4.59. The lowest BCUT2D eigenvalue weighted by molar-refractivity contribution is 0.0257. The highest BCUT2D eigenvalue weighted by Gasteiger charge is 2.24. The van der Waals surface area contributed by atoms with Crippen LogP contribution in [-0.2, 0) is 4.74 Å². The second-order valence-electron chi connectivity index (χ2n) is 9.14. The number of nitrogens with one attached hydrogen (secondary N) is 1. The Morgan fingerprint density at radius 3 is 2.76 bits per heavy atom. The maximum Gasteiger partial charge on any atom is 0.264 e. The molecule has 2 aliphatic rings. The number of para-hydroxylation sites is 1. The fraction of sp³-hybridized carbons (Fsp3) is 0.407. The molecular weight excluding hydrogens is 504 g/mol. The lowest BCUT2D eigenvalue weighted by atomic mass is 10.1. The monoisotopic (exact) mass is 534 g/mol. The highest BCUT2D eigenvalue weighted by molar-refractivity contribution is 7.18. The van der Waals surface area contributed by atoms with Gasteiger partial charge in [0.2, 0.25) is 5.95 Å². The number of carbonyl (C=O) groups is 1. The predicted octanol–water partition coefficient (Wildman–Crippen LogP) is 3.13. The standard InChI is InChI=1S/C27H30N6O4S/c28-18-19-2-1-3-21(25(19)37-20-7-16-36-17-8-20)22-6-9-29-27(30-22)31-24-5-4-23(38-24)26(35)33-12-10-32(11-13-33)14-15-34/h1-6,9,20,34H,7-8,10-17H2,(H,29,30,31). The van der Waals surface area contributed by atoms with E-state index in [2.05, 4.69) is 26.3 Å². The SMILES string of the molecule is N#Cc1cccc(-c2ccnc(Nc3ccc(C(=O)N4CCN(CCO)CC4)s3)n2)c1OC1CCOCC1. The maximum atomic E-state index is 13.0. The molecule has 0 bridgehead atoms. The third kappa shape index (κ3) is 6.11. The zero-order valence-corrected chi connectivity index (χ0v) is 21.8. The van der Waals surface area contributed by atoms with Crippen molar-refractivity contribution in [3.63, 3.8) is 0 Å². The molecule has 10 nitrogen and oxygen atoms in total.